The highest BCUT2D eigenvalue weighted by Gasteiger charge is 2.39. The van der Waals surface area contributed by atoms with Crippen molar-refractivity contribution in [3.8, 4) is 5.88 Å². The van der Waals surface area contributed by atoms with E-state index in [2.05, 4.69) is 38.0 Å². The molecule has 6 nitrogen and oxygen atoms in total. The number of para-hydroxylation sites is 1. The summed E-state index contributed by atoms with van der Waals surface area (Å²) >= 11 is 1.05. The molecule has 7 heteroatoms. The summed E-state index contributed by atoms with van der Waals surface area (Å²) < 4.78 is 0. The van der Waals surface area contributed by atoms with Crippen molar-refractivity contribution in [3.63, 3.8) is 0 Å². The van der Waals surface area contributed by atoms with Crippen molar-refractivity contribution in [2.75, 3.05) is 7.05 Å². The Hall–Kier alpha value is -2.12. The van der Waals surface area contributed by atoms with Gasteiger partial charge in [-0.3, -0.25) is 10.8 Å². The van der Waals surface area contributed by atoms with Gasteiger partial charge in [-0.2, -0.15) is 0 Å². The Labute approximate surface area is 170 Å². The SMILES string of the molecule is CN(C(=N)SC(=N)c1cc2ccccc2nc1O)C1CC(C)(C)NC(C)(C)C1. The number of thioether (sulfide) groups is 1. The van der Waals surface area contributed by atoms with Gasteiger partial charge < -0.3 is 15.3 Å². The van der Waals surface area contributed by atoms with Crippen LogP contribution in [0, 0.1) is 10.8 Å². The van der Waals surface area contributed by atoms with Crippen LogP contribution in [-0.4, -0.2) is 49.4 Å². The summed E-state index contributed by atoms with van der Waals surface area (Å²) in [5, 5.41) is 32.2. The van der Waals surface area contributed by atoms with E-state index in [1.807, 2.05) is 36.2 Å². The summed E-state index contributed by atoms with van der Waals surface area (Å²) in [5.74, 6) is -0.171. The van der Waals surface area contributed by atoms with E-state index in [4.69, 9.17) is 10.8 Å². The van der Waals surface area contributed by atoms with Crippen LogP contribution in [-0.2, 0) is 0 Å². The van der Waals surface area contributed by atoms with Crippen LogP contribution in [0.3, 0.4) is 0 Å². The summed E-state index contributed by atoms with van der Waals surface area (Å²) in [6.45, 7) is 8.75. The normalized spacial score (nSPS) is 18.8. The van der Waals surface area contributed by atoms with E-state index in [0.717, 1.165) is 30.0 Å². The highest BCUT2D eigenvalue weighted by Crippen LogP contribution is 2.33. The van der Waals surface area contributed by atoms with Crippen molar-refractivity contribution in [1.82, 2.24) is 15.2 Å². The van der Waals surface area contributed by atoms with Gasteiger partial charge in [0.25, 0.3) is 0 Å². The Bertz CT molecular complexity index is 908. The standard InChI is InChI=1S/C21H29N5OS/c1-20(2)11-14(12-21(3,4)25-20)26(5)19(23)28-17(22)15-10-13-8-6-7-9-16(13)24-18(15)27/h6-10,14,22-23,25H,11-12H2,1-5H3,(H,24,27). The molecule has 4 N–H and O–H groups in total. The number of hydrogen-bond donors (Lipinski definition) is 4. The number of nitrogens with zero attached hydrogens (tertiary/aromatic N) is 2. The molecule has 3 rings (SSSR count). The van der Waals surface area contributed by atoms with Gasteiger partial charge in [0.05, 0.1) is 11.1 Å². The molecule has 0 saturated carbocycles. The fraction of sp³-hybridized carbons (Fsp3) is 0.476. The summed E-state index contributed by atoms with van der Waals surface area (Å²) in [7, 11) is 1.92. The lowest BCUT2D eigenvalue weighted by atomic mass is 9.79. The largest absolute Gasteiger partial charge is 0.493 e. The molecule has 150 valence electrons. The van der Waals surface area contributed by atoms with E-state index in [-0.39, 0.29) is 28.0 Å². The lowest BCUT2D eigenvalue weighted by molar-refractivity contribution is 0.114. The number of amidine groups is 1. The molecule has 0 radical (unpaired) electrons. The second-order valence-electron chi connectivity index (χ2n) is 8.85. The number of nitrogens with one attached hydrogen (secondary N) is 3. The zero-order valence-electron chi connectivity index (χ0n) is 17.1. The number of aromatic hydroxyl groups is 1. The fourth-order valence-electron chi connectivity index (χ4n) is 4.20. The van der Waals surface area contributed by atoms with E-state index in [9.17, 15) is 5.11 Å². The maximum absolute atomic E-state index is 10.3. The Morgan fingerprint density at radius 2 is 1.79 bits per heavy atom. The van der Waals surface area contributed by atoms with Crippen LogP contribution >= 0.6 is 11.8 Å². The molecule has 0 spiro atoms. The number of benzene rings is 1. The van der Waals surface area contributed by atoms with Crippen molar-refractivity contribution < 1.29 is 5.11 Å². The maximum atomic E-state index is 10.3. The smallest absolute Gasteiger partial charge is 0.221 e. The first-order valence-corrected chi connectivity index (χ1v) is 10.3. The van der Waals surface area contributed by atoms with E-state index < -0.39 is 0 Å². The second kappa shape index (κ2) is 7.37. The number of aromatic nitrogens is 1. The molecule has 28 heavy (non-hydrogen) atoms. The molecule has 1 aromatic heterocycles. The van der Waals surface area contributed by atoms with E-state index >= 15 is 0 Å². The molecule has 0 unspecified atom stereocenters. The minimum absolute atomic E-state index is 0.0142. The molecule has 1 aromatic carbocycles. The van der Waals surface area contributed by atoms with Gasteiger partial charge >= 0.3 is 0 Å². The third-order valence-electron chi connectivity index (χ3n) is 5.18. The van der Waals surface area contributed by atoms with Crippen molar-refractivity contribution in [2.45, 2.75) is 57.7 Å². The second-order valence-corrected chi connectivity index (χ2v) is 9.85. The van der Waals surface area contributed by atoms with Crippen molar-refractivity contribution in [3.05, 3.63) is 35.9 Å². The maximum Gasteiger partial charge on any atom is 0.221 e. The van der Waals surface area contributed by atoms with E-state index in [0.29, 0.717) is 16.2 Å². The first-order chi connectivity index (χ1) is 13.0. The van der Waals surface area contributed by atoms with E-state index in [1.54, 1.807) is 6.07 Å². The Morgan fingerprint density at radius 3 is 2.43 bits per heavy atom. The van der Waals surface area contributed by atoms with Crippen molar-refractivity contribution >= 4 is 32.9 Å². The molecule has 1 aliphatic rings. The third-order valence-corrected chi connectivity index (χ3v) is 6.09. The number of hydrogen-bond acceptors (Lipinski definition) is 6. The number of fused-ring (bicyclic) bond motifs is 1. The number of pyridine rings is 1. The third kappa shape index (κ3) is 4.47. The predicted molar refractivity (Wildman–Crippen MR) is 118 cm³/mol. The van der Waals surface area contributed by atoms with Crippen LogP contribution in [0.4, 0.5) is 0 Å². The predicted octanol–water partition coefficient (Wildman–Crippen LogP) is 4.17. The number of rotatable bonds is 2. The van der Waals surface area contributed by atoms with Crippen LogP contribution in [0.2, 0.25) is 0 Å². The first-order valence-electron chi connectivity index (χ1n) is 9.44. The quantitative estimate of drug-likeness (QED) is 0.449. The van der Waals surface area contributed by atoms with Crippen molar-refractivity contribution in [1.29, 1.82) is 10.8 Å². The summed E-state index contributed by atoms with van der Waals surface area (Å²) in [6.07, 6.45) is 1.85. The highest BCUT2D eigenvalue weighted by molar-refractivity contribution is 8.26. The van der Waals surface area contributed by atoms with Crippen LogP contribution < -0.4 is 5.32 Å². The van der Waals surface area contributed by atoms with Crippen LogP contribution in [0.5, 0.6) is 5.88 Å². The summed E-state index contributed by atoms with van der Waals surface area (Å²) in [5.41, 5.74) is 1.01. The zero-order valence-corrected chi connectivity index (χ0v) is 17.9. The van der Waals surface area contributed by atoms with Crippen molar-refractivity contribution in [2.24, 2.45) is 0 Å². The molecule has 2 aromatic rings. The number of piperidine rings is 1. The van der Waals surface area contributed by atoms with Gasteiger partial charge in [-0.15, -0.1) is 0 Å². The van der Waals surface area contributed by atoms with Crippen LogP contribution in [0.15, 0.2) is 30.3 Å². The molecule has 1 fully saturated rings. The Morgan fingerprint density at radius 1 is 1.18 bits per heavy atom. The van der Waals surface area contributed by atoms with E-state index in [1.165, 1.54) is 0 Å². The van der Waals surface area contributed by atoms with Gasteiger partial charge in [-0.05, 0) is 64.4 Å². The average Bonchev–Trinajstić information content (AvgIpc) is 2.57. The molecular weight excluding hydrogens is 370 g/mol. The molecule has 1 aliphatic heterocycles. The highest BCUT2D eigenvalue weighted by atomic mass is 32.2. The van der Waals surface area contributed by atoms with Gasteiger partial charge in [-0.25, -0.2) is 4.98 Å². The molecule has 1 saturated heterocycles. The first kappa shape index (κ1) is 20.6. The lowest BCUT2D eigenvalue weighted by Gasteiger charge is -2.49. The zero-order chi connectivity index (χ0) is 20.7. The Balaban J connectivity index is 1.75. The van der Waals surface area contributed by atoms with Crippen LogP contribution in [0.25, 0.3) is 10.9 Å². The monoisotopic (exact) mass is 399 g/mol. The summed E-state index contributed by atoms with van der Waals surface area (Å²) in [4.78, 5) is 6.14. The fourth-order valence-corrected chi connectivity index (χ4v) is 4.95. The molecule has 0 aliphatic carbocycles. The molecular formula is C21H29N5OS. The minimum atomic E-state index is -0.171. The van der Waals surface area contributed by atoms with Gasteiger partial charge in [0.15, 0.2) is 5.17 Å². The topological polar surface area (TPSA) is 96.1 Å². The molecule has 0 amide bonds. The van der Waals surface area contributed by atoms with Gasteiger partial charge in [0, 0.05) is 29.6 Å². The molecule has 0 bridgehead atoms. The van der Waals surface area contributed by atoms with Gasteiger partial charge in [-0.1, -0.05) is 18.2 Å². The van der Waals surface area contributed by atoms with Gasteiger partial charge in [0.2, 0.25) is 5.88 Å². The molecule has 0 atom stereocenters. The average molecular weight is 400 g/mol. The molecule has 2 heterocycles. The lowest BCUT2D eigenvalue weighted by Crippen LogP contribution is -2.62. The minimum Gasteiger partial charge on any atom is -0.493 e. The Kier molecular flexibility index (Phi) is 5.42. The van der Waals surface area contributed by atoms with Crippen LogP contribution in [0.1, 0.15) is 46.1 Å². The van der Waals surface area contributed by atoms with Gasteiger partial charge in [0.1, 0.15) is 5.04 Å². The summed E-state index contributed by atoms with van der Waals surface area (Å²) in [6, 6.07) is 9.46.